The van der Waals surface area contributed by atoms with E-state index in [-0.39, 0.29) is 16.9 Å². The highest BCUT2D eigenvalue weighted by molar-refractivity contribution is 5.61. The number of nitrogens with zero attached hydrogens (tertiary/aromatic N) is 5. The van der Waals surface area contributed by atoms with E-state index < -0.39 is 4.92 Å². The lowest BCUT2D eigenvalue weighted by Crippen LogP contribution is -2.20. The minimum absolute atomic E-state index is 0.0204. The third kappa shape index (κ3) is 2.80. The van der Waals surface area contributed by atoms with Gasteiger partial charge in [-0.1, -0.05) is 6.07 Å². The van der Waals surface area contributed by atoms with E-state index in [4.69, 9.17) is 4.74 Å². The first-order valence-electron chi connectivity index (χ1n) is 7.94. The van der Waals surface area contributed by atoms with Crippen LogP contribution in [0.3, 0.4) is 0 Å². The monoisotopic (exact) mass is 363 g/mol. The van der Waals surface area contributed by atoms with Gasteiger partial charge in [-0.25, -0.2) is 0 Å². The van der Waals surface area contributed by atoms with Gasteiger partial charge in [-0.3, -0.25) is 23.9 Å². The standard InChI is InChI=1S/C18H13N5O4/c1-27-15-4-2-3-14(11-15)21-9-10-22-16(19-20-17(22)18(21)24)12-5-7-13(8-6-12)23(25)26/h2-11H,1H3. The summed E-state index contributed by atoms with van der Waals surface area (Å²) in [6.45, 7) is 0. The maximum atomic E-state index is 12.8. The van der Waals surface area contributed by atoms with Gasteiger partial charge in [-0.15, -0.1) is 10.2 Å². The van der Waals surface area contributed by atoms with E-state index in [9.17, 15) is 14.9 Å². The van der Waals surface area contributed by atoms with Crippen molar-refractivity contribution in [1.82, 2.24) is 19.2 Å². The molecule has 2 heterocycles. The first-order valence-corrected chi connectivity index (χ1v) is 7.94. The molecule has 9 heteroatoms. The van der Waals surface area contributed by atoms with Gasteiger partial charge >= 0.3 is 5.56 Å². The first kappa shape index (κ1) is 16.5. The van der Waals surface area contributed by atoms with E-state index in [1.807, 2.05) is 0 Å². The summed E-state index contributed by atoms with van der Waals surface area (Å²) >= 11 is 0. The van der Waals surface area contributed by atoms with Crippen molar-refractivity contribution in [3.05, 3.63) is 81.4 Å². The fourth-order valence-corrected chi connectivity index (χ4v) is 2.78. The number of aromatic nitrogens is 4. The molecule has 0 aliphatic carbocycles. The molecule has 0 amide bonds. The Morgan fingerprint density at radius 3 is 2.56 bits per heavy atom. The van der Waals surface area contributed by atoms with Gasteiger partial charge in [-0.2, -0.15) is 0 Å². The van der Waals surface area contributed by atoms with Crippen LogP contribution in [-0.2, 0) is 0 Å². The van der Waals surface area contributed by atoms with Crippen molar-refractivity contribution in [1.29, 1.82) is 0 Å². The Hall–Kier alpha value is -4.01. The van der Waals surface area contributed by atoms with Crippen molar-refractivity contribution in [3.8, 4) is 22.8 Å². The van der Waals surface area contributed by atoms with Crippen molar-refractivity contribution >= 4 is 11.3 Å². The number of non-ortho nitro benzene ring substituents is 1. The van der Waals surface area contributed by atoms with Crippen molar-refractivity contribution in [2.75, 3.05) is 7.11 Å². The summed E-state index contributed by atoms with van der Waals surface area (Å²) in [4.78, 5) is 23.1. The molecule has 2 aromatic heterocycles. The molecule has 0 spiro atoms. The normalized spacial score (nSPS) is 10.9. The summed E-state index contributed by atoms with van der Waals surface area (Å²) in [5, 5.41) is 18.9. The van der Waals surface area contributed by atoms with E-state index in [2.05, 4.69) is 10.2 Å². The van der Waals surface area contributed by atoms with Crippen LogP contribution >= 0.6 is 0 Å². The topological polar surface area (TPSA) is 105 Å². The molecule has 27 heavy (non-hydrogen) atoms. The predicted octanol–water partition coefficient (Wildman–Crippen LogP) is 2.46. The highest BCUT2D eigenvalue weighted by Gasteiger charge is 2.14. The van der Waals surface area contributed by atoms with E-state index in [0.717, 1.165) is 0 Å². The van der Waals surface area contributed by atoms with Gasteiger partial charge in [0.1, 0.15) is 5.75 Å². The number of nitro benzene ring substituents is 1. The highest BCUT2D eigenvalue weighted by atomic mass is 16.6. The molecule has 0 atom stereocenters. The van der Waals surface area contributed by atoms with Crippen LogP contribution in [0.25, 0.3) is 22.7 Å². The molecule has 0 fully saturated rings. The molecule has 0 N–H and O–H groups in total. The minimum Gasteiger partial charge on any atom is -0.497 e. The SMILES string of the molecule is COc1cccc(-n2ccn3c(-c4ccc([N+](=O)[O-])cc4)nnc3c2=O)c1. The van der Waals surface area contributed by atoms with E-state index >= 15 is 0 Å². The molecule has 134 valence electrons. The van der Waals surface area contributed by atoms with E-state index in [0.29, 0.717) is 22.8 Å². The number of benzene rings is 2. The number of hydrogen-bond acceptors (Lipinski definition) is 6. The highest BCUT2D eigenvalue weighted by Crippen LogP contribution is 2.21. The molecule has 9 nitrogen and oxygen atoms in total. The first-order chi connectivity index (χ1) is 13.1. The van der Waals surface area contributed by atoms with E-state index in [1.54, 1.807) is 60.3 Å². The second-order valence-corrected chi connectivity index (χ2v) is 5.70. The van der Waals surface area contributed by atoms with Gasteiger partial charge < -0.3 is 4.74 Å². The zero-order valence-electron chi connectivity index (χ0n) is 14.1. The molecule has 0 aliphatic heterocycles. The second kappa shape index (κ2) is 6.37. The number of hydrogen-bond donors (Lipinski definition) is 0. The van der Waals surface area contributed by atoms with Crippen LogP contribution in [0.1, 0.15) is 0 Å². The molecule has 0 radical (unpaired) electrons. The molecule has 0 unspecified atom stereocenters. The van der Waals surface area contributed by atoms with E-state index in [1.165, 1.54) is 16.7 Å². The second-order valence-electron chi connectivity index (χ2n) is 5.70. The van der Waals surface area contributed by atoms with Gasteiger partial charge in [0.25, 0.3) is 5.69 Å². The fraction of sp³-hybridized carbons (Fsp3) is 0.0556. The van der Waals surface area contributed by atoms with Crippen molar-refractivity contribution in [2.24, 2.45) is 0 Å². The van der Waals surface area contributed by atoms with Crippen LogP contribution in [0.5, 0.6) is 5.75 Å². The molecule has 0 saturated heterocycles. The van der Waals surface area contributed by atoms with Crippen molar-refractivity contribution in [2.45, 2.75) is 0 Å². The van der Waals surface area contributed by atoms with Gasteiger partial charge in [0, 0.05) is 36.2 Å². The lowest BCUT2D eigenvalue weighted by atomic mass is 10.2. The molecule has 0 saturated carbocycles. The summed E-state index contributed by atoms with van der Waals surface area (Å²) in [5.41, 5.74) is 1.04. The van der Waals surface area contributed by atoms with Crippen LogP contribution < -0.4 is 10.3 Å². The maximum absolute atomic E-state index is 12.8. The number of ether oxygens (including phenoxy) is 1. The molecular formula is C18H13N5O4. The maximum Gasteiger partial charge on any atom is 0.300 e. The van der Waals surface area contributed by atoms with Crippen molar-refractivity contribution < 1.29 is 9.66 Å². The third-order valence-electron chi connectivity index (χ3n) is 4.14. The molecule has 2 aromatic carbocycles. The average Bonchev–Trinajstić information content (AvgIpc) is 3.13. The Labute approximate surface area is 152 Å². The fourth-order valence-electron chi connectivity index (χ4n) is 2.78. The molecule has 0 aliphatic rings. The smallest absolute Gasteiger partial charge is 0.300 e. The van der Waals surface area contributed by atoms with Gasteiger partial charge in [0.2, 0.25) is 5.65 Å². The predicted molar refractivity (Wildman–Crippen MR) is 97.2 cm³/mol. The number of fused-ring (bicyclic) bond motifs is 1. The Morgan fingerprint density at radius 2 is 1.85 bits per heavy atom. The lowest BCUT2D eigenvalue weighted by molar-refractivity contribution is -0.384. The molecule has 4 aromatic rings. The molecular weight excluding hydrogens is 350 g/mol. The largest absolute Gasteiger partial charge is 0.497 e. The van der Waals surface area contributed by atoms with Crippen LogP contribution in [0.15, 0.2) is 65.7 Å². The van der Waals surface area contributed by atoms with Gasteiger partial charge in [0.05, 0.1) is 17.7 Å². The van der Waals surface area contributed by atoms with Crippen LogP contribution in [0.4, 0.5) is 5.69 Å². The summed E-state index contributed by atoms with van der Waals surface area (Å²) in [6, 6.07) is 13.0. The Kier molecular flexibility index (Phi) is 3.88. The summed E-state index contributed by atoms with van der Waals surface area (Å²) < 4.78 is 8.20. The zero-order valence-corrected chi connectivity index (χ0v) is 14.1. The average molecular weight is 363 g/mol. The molecule has 0 bridgehead atoms. The van der Waals surface area contributed by atoms with Crippen LogP contribution in [0, 0.1) is 10.1 Å². The minimum atomic E-state index is -0.474. The summed E-state index contributed by atoms with van der Waals surface area (Å²) in [6.07, 6.45) is 3.29. The number of nitro groups is 1. The third-order valence-corrected chi connectivity index (χ3v) is 4.14. The van der Waals surface area contributed by atoms with Gasteiger partial charge in [-0.05, 0) is 24.3 Å². The Morgan fingerprint density at radius 1 is 1.07 bits per heavy atom. The van der Waals surface area contributed by atoms with Crippen molar-refractivity contribution in [3.63, 3.8) is 0 Å². The lowest BCUT2D eigenvalue weighted by Gasteiger charge is -2.08. The van der Waals surface area contributed by atoms with Crippen LogP contribution in [0.2, 0.25) is 0 Å². The van der Waals surface area contributed by atoms with Gasteiger partial charge in [0.15, 0.2) is 5.82 Å². The Balaban J connectivity index is 1.82. The zero-order chi connectivity index (χ0) is 19.0. The molecule has 4 rings (SSSR count). The number of methoxy groups -OCH3 is 1. The number of rotatable bonds is 4. The summed E-state index contributed by atoms with van der Waals surface area (Å²) in [7, 11) is 1.56. The van der Waals surface area contributed by atoms with Crippen LogP contribution in [-0.4, -0.2) is 31.2 Å². The summed E-state index contributed by atoms with van der Waals surface area (Å²) in [5.74, 6) is 1.06. The Bertz CT molecular complexity index is 1210. The quantitative estimate of drug-likeness (QED) is 0.407.